The summed E-state index contributed by atoms with van der Waals surface area (Å²) in [6, 6.07) is 8.18. The molecular weight excluding hydrogens is 344 g/mol. The quantitative estimate of drug-likeness (QED) is 0.750. The number of carbonyl (C=O) groups excluding carboxylic acids is 1. The lowest BCUT2D eigenvalue weighted by Crippen LogP contribution is -2.31. The molecule has 0 unspecified atom stereocenters. The molecule has 0 atom stereocenters. The molecule has 1 amide bonds. The number of carbonyl (C=O) groups is 1. The molecule has 3 rings (SSSR count). The number of nitrogens with one attached hydrogen (secondary N) is 2. The number of aromatic amines is 1. The van der Waals surface area contributed by atoms with Crippen LogP contribution in [0.3, 0.4) is 0 Å². The number of nitrogens with zero attached hydrogens (tertiary/aromatic N) is 2. The van der Waals surface area contributed by atoms with Crippen molar-refractivity contribution in [2.24, 2.45) is 0 Å². The van der Waals surface area contributed by atoms with Gasteiger partial charge in [0.05, 0.1) is 16.6 Å². The molecule has 0 aliphatic carbocycles. The third kappa shape index (κ3) is 3.18. The summed E-state index contributed by atoms with van der Waals surface area (Å²) >= 11 is 5.91. The third-order valence-electron chi connectivity index (χ3n) is 3.80. The molecule has 25 heavy (non-hydrogen) atoms. The summed E-state index contributed by atoms with van der Waals surface area (Å²) in [5.74, 6) is -0.414. The van der Waals surface area contributed by atoms with Crippen molar-refractivity contribution in [3.05, 3.63) is 67.4 Å². The molecule has 7 nitrogen and oxygen atoms in total. The van der Waals surface area contributed by atoms with Gasteiger partial charge in [-0.15, -0.1) is 0 Å². The Bertz CT molecular complexity index is 1100. The summed E-state index contributed by atoms with van der Waals surface area (Å²) in [5.41, 5.74) is 0.355. The number of aromatic nitrogens is 3. The maximum absolute atomic E-state index is 12.5. The molecule has 0 radical (unpaired) electrons. The first-order chi connectivity index (χ1) is 11.9. The van der Waals surface area contributed by atoms with Crippen LogP contribution in [0.2, 0.25) is 5.02 Å². The van der Waals surface area contributed by atoms with E-state index in [1.807, 2.05) is 0 Å². The van der Waals surface area contributed by atoms with Crippen LogP contribution in [-0.2, 0) is 6.54 Å². The average Bonchev–Trinajstić information content (AvgIpc) is 2.54. The molecule has 2 N–H and O–H groups in total. The molecule has 0 saturated heterocycles. The highest BCUT2D eigenvalue weighted by Crippen LogP contribution is 2.18. The Kier molecular flexibility index (Phi) is 4.41. The Morgan fingerprint density at radius 1 is 1.32 bits per heavy atom. The second kappa shape index (κ2) is 6.52. The first kappa shape index (κ1) is 16.9. The summed E-state index contributed by atoms with van der Waals surface area (Å²) < 4.78 is 1.35. The molecule has 2 heterocycles. The van der Waals surface area contributed by atoms with Crippen LogP contribution in [-0.4, -0.2) is 20.4 Å². The number of aryl methyl sites for hydroxylation is 2. The van der Waals surface area contributed by atoms with Crippen molar-refractivity contribution in [1.82, 2.24) is 14.5 Å². The first-order valence-electron chi connectivity index (χ1n) is 7.62. The van der Waals surface area contributed by atoms with Gasteiger partial charge in [-0.2, -0.15) is 0 Å². The molecule has 0 aliphatic heterocycles. The number of hydrogen-bond donors (Lipinski definition) is 2. The van der Waals surface area contributed by atoms with Gasteiger partial charge < -0.3 is 5.32 Å². The van der Waals surface area contributed by atoms with Crippen molar-refractivity contribution in [2.45, 2.75) is 20.4 Å². The Morgan fingerprint density at radius 2 is 2.08 bits per heavy atom. The number of amides is 1. The van der Waals surface area contributed by atoms with E-state index in [1.165, 1.54) is 10.6 Å². The van der Waals surface area contributed by atoms with Gasteiger partial charge in [-0.3, -0.25) is 19.1 Å². The lowest BCUT2D eigenvalue weighted by molar-refractivity contribution is 0.102. The summed E-state index contributed by atoms with van der Waals surface area (Å²) in [6.07, 6.45) is 0. The number of fused-ring (bicyclic) bond motifs is 1. The number of pyridine rings is 1. The lowest BCUT2D eigenvalue weighted by Gasteiger charge is -2.11. The van der Waals surface area contributed by atoms with Crippen molar-refractivity contribution in [3.8, 4) is 0 Å². The number of H-pyrrole nitrogens is 1. The van der Waals surface area contributed by atoms with E-state index < -0.39 is 17.2 Å². The number of benzene rings is 1. The molecule has 128 valence electrons. The van der Waals surface area contributed by atoms with Gasteiger partial charge in [-0.25, -0.2) is 9.78 Å². The fraction of sp³-hybridized carbons (Fsp3) is 0.176. The molecule has 3 aromatic rings. The van der Waals surface area contributed by atoms with Crippen molar-refractivity contribution in [1.29, 1.82) is 0 Å². The van der Waals surface area contributed by atoms with Crippen LogP contribution in [0.4, 0.5) is 5.69 Å². The van der Waals surface area contributed by atoms with E-state index in [4.69, 9.17) is 11.6 Å². The zero-order chi connectivity index (χ0) is 18.1. The monoisotopic (exact) mass is 358 g/mol. The molecular formula is C17H15ClN4O3. The van der Waals surface area contributed by atoms with Gasteiger partial charge in [0, 0.05) is 17.3 Å². The number of hydrogen-bond acceptors (Lipinski definition) is 4. The topological polar surface area (TPSA) is 96.9 Å². The van der Waals surface area contributed by atoms with Gasteiger partial charge in [0.2, 0.25) is 0 Å². The zero-order valence-corrected chi connectivity index (χ0v) is 14.3. The van der Waals surface area contributed by atoms with E-state index in [-0.39, 0.29) is 16.6 Å². The van der Waals surface area contributed by atoms with Crippen molar-refractivity contribution < 1.29 is 4.79 Å². The minimum Gasteiger partial charge on any atom is -0.322 e. The average molecular weight is 359 g/mol. The predicted molar refractivity (Wildman–Crippen MR) is 96.4 cm³/mol. The summed E-state index contributed by atoms with van der Waals surface area (Å²) in [5, 5.41) is 3.40. The van der Waals surface area contributed by atoms with Crippen molar-refractivity contribution in [3.63, 3.8) is 0 Å². The van der Waals surface area contributed by atoms with Crippen LogP contribution < -0.4 is 16.6 Å². The standard InChI is InChI=1S/C17H15ClN4O3/c1-3-22-14-13(16(24)21-17(22)25)8-12(9(2)19-14)15(23)20-11-6-4-5-10(18)7-11/h4-8H,3H2,1-2H3,(H,20,23)(H,21,24,25). The summed E-state index contributed by atoms with van der Waals surface area (Å²) in [7, 11) is 0. The van der Waals surface area contributed by atoms with Gasteiger partial charge in [0.1, 0.15) is 5.65 Å². The highest BCUT2D eigenvalue weighted by molar-refractivity contribution is 6.31. The maximum atomic E-state index is 12.5. The summed E-state index contributed by atoms with van der Waals surface area (Å²) in [4.78, 5) is 43.1. The zero-order valence-electron chi connectivity index (χ0n) is 13.6. The number of anilines is 1. The van der Waals surface area contributed by atoms with E-state index in [2.05, 4.69) is 15.3 Å². The number of rotatable bonds is 3. The molecule has 8 heteroatoms. The SMILES string of the molecule is CCn1c(=O)[nH]c(=O)c2cc(C(=O)Nc3cccc(Cl)c3)c(C)nc21. The third-order valence-corrected chi connectivity index (χ3v) is 4.04. The second-order valence-corrected chi connectivity index (χ2v) is 5.90. The van der Waals surface area contributed by atoms with E-state index in [0.29, 0.717) is 22.9 Å². The normalized spacial score (nSPS) is 10.8. The van der Waals surface area contributed by atoms with E-state index in [0.717, 1.165) is 0 Å². The number of halogens is 1. The van der Waals surface area contributed by atoms with Crippen LogP contribution in [0.5, 0.6) is 0 Å². The van der Waals surface area contributed by atoms with Crippen LogP contribution in [0.15, 0.2) is 39.9 Å². The highest BCUT2D eigenvalue weighted by Gasteiger charge is 2.16. The molecule has 0 bridgehead atoms. The summed E-state index contributed by atoms with van der Waals surface area (Å²) in [6.45, 7) is 3.78. The fourth-order valence-corrected chi connectivity index (χ4v) is 2.77. The first-order valence-corrected chi connectivity index (χ1v) is 8.00. The van der Waals surface area contributed by atoms with Crippen LogP contribution >= 0.6 is 11.6 Å². The van der Waals surface area contributed by atoms with Gasteiger partial charge in [-0.05, 0) is 38.1 Å². The Balaban J connectivity index is 2.11. The van der Waals surface area contributed by atoms with E-state index in [1.54, 1.807) is 38.1 Å². The van der Waals surface area contributed by atoms with Gasteiger partial charge in [-0.1, -0.05) is 17.7 Å². The van der Waals surface area contributed by atoms with Gasteiger partial charge in [0.15, 0.2) is 0 Å². The largest absolute Gasteiger partial charge is 0.329 e. The second-order valence-electron chi connectivity index (χ2n) is 5.46. The van der Waals surface area contributed by atoms with Crippen molar-refractivity contribution in [2.75, 3.05) is 5.32 Å². The van der Waals surface area contributed by atoms with Crippen LogP contribution in [0.1, 0.15) is 23.0 Å². The molecule has 2 aromatic heterocycles. The Hall–Kier alpha value is -2.93. The van der Waals surface area contributed by atoms with Gasteiger partial charge in [0.25, 0.3) is 11.5 Å². The minimum absolute atomic E-state index is 0.184. The fourth-order valence-electron chi connectivity index (χ4n) is 2.58. The maximum Gasteiger partial charge on any atom is 0.329 e. The molecule has 0 aliphatic rings. The van der Waals surface area contributed by atoms with Crippen molar-refractivity contribution >= 4 is 34.2 Å². The van der Waals surface area contributed by atoms with Crippen LogP contribution in [0.25, 0.3) is 11.0 Å². The molecule has 0 spiro atoms. The molecule has 0 saturated carbocycles. The predicted octanol–water partition coefficient (Wildman–Crippen LogP) is 2.32. The highest BCUT2D eigenvalue weighted by atomic mass is 35.5. The molecule has 0 fully saturated rings. The Morgan fingerprint density at radius 3 is 2.76 bits per heavy atom. The Labute approximate surface area is 147 Å². The van der Waals surface area contributed by atoms with E-state index >= 15 is 0 Å². The van der Waals surface area contributed by atoms with E-state index in [9.17, 15) is 14.4 Å². The van der Waals surface area contributed by atoms with Crippen LogP contribution in [0, 0.1) is 6.92 Å². The minimum atomic E-state index is -0.575. The van der Waals surface area contributed by atoms with Gasteiger partial charge >= 0.3 is 5.69 Å². The lowest BCUT2D eigenvalue weighted by atomic mass is 10.1. The molecule has 1 aromatic carbocycles. The smallest absolute Gasteiger partial charge is 0.322 e.